The van der Waals surface area contributed by atoms with E-state index in [1.54, 1.807) is 0 Å². The molecule has 0 amide bonds. The van der Waals surface area contributed by atoms with E-state index >= 15 is 0 Å². The van der Waals surface area contributed by atoms with E-state index in [0.29, 0.717) is 0 Å². The number of rotatable bonds is 0. The summed E-state index contributed by atoms with van der Waals surface area (Å²) >= 11 is 0. The third kappa shape index (κ3) is 37.1. The van der Waals surface area contributed by atoms with E-state index < -0.39 is 0 Å². The van der Waals surface area contributed by atoms with Crippen molar-refractivity contribution in [2.75, 3.05) is 0 Å². The van der Waals surface area contributed by atoms with E-state index in [-0.39, 0.29) is 39.1 Å². The summed E-state index contributed by atoms with van der Waals surface area (Å²) in [6.45, 7) is 4.00. The molecule has 0 radical (unpaired) electrons. The van der Waals surface area contributed by atoms with Gasteiger partial charge < -0.3 is 7.85 Å². The van der Waals surface area contributed by atoms with Crippen molar-refractivity contribution in [3.8, 4) is 0 Å². The van der Waals surface area contributed by atoms with Gasteiger partial charge >= 0.3 is 37.7 Å². The van der Waals surface area contributed by atoms with Crippen molar-refractivity contribution < 1.29 is 39.1 Å². The molecule has 0 saturated carbocycles. The maximum atomic E-state index is 2.00. The SMILES string of the molecule is C[CH-]C.[H-].[Li+].[Li+]. The Hall–Kier alpha value is 1.19. The van der Waals surface area contributed by atoms with Crippen LogP contribution in [-0.4, -0.2) is 0 Å². The minimum Gasteiger partial charge on any atom is -1.00 e. The molecular weight excluding hydrogens is 49.9 g/mol. The van der Waals surface area contributed by atoms with Gasteiger partial charge in [0.05, 0.1) is 0 Å². The molecule has 0 aromatic heterocycles. The number of hydrogen-bond donors (Lipinski definition) is 0. The van der Waals surface area contributed by atoms with Gasteiger partial charge in [0.15, 0.2) is 0 Å². The van der Waals surface area contributed by atoms with Crippen LogP contribution in [0.4, 0.5) is 0 Å². The first-order chi connectivity index (χ1) is 1.41. The van der Waals surface area contributed by atoms with E-state index in [1.165, 1.54) is 0 Å². The van der Waals surface area contributed by atoms with Crippen molar-refractivity contribution in [1.29, 1.82) is 0 Å². The largest absolute Gasteiger partial charge is 1.00 e. The Bertz CT molecular complexity index is 8.75. The van der Waals surface area contributed by atoms with Gasteiger partial charge in [0.1, 0.15) is 0 Å². The first-order valence-electron chi connectivity index (χ1n) is 1.15. The van der Waals surface area contributed by atoms with Crippen LogP contribution in [0.1, 0.15) is 15.3 Å². The Kier molecular flexibility index (Phi) is 62.2. The van der Waals surface area contributed by atoms with E-state index in [4.69, 9.17) is 0 Å². The molecule has 0 aromatic rings. The third-order valence-corrected chi connectivity index (χ3v) is 0. The molecule has 0 saturated heterocycles. The van der Waals surface area contributed by atoms with Gasteiger partial charge in [-0.2, -0.15) is 13.8 Å². The Labute approximate surface area is 59.5 Å². The molecule has 0 N–H and O–H groups in total. The fraction of sp³-hybridized carbons (Fsp3) is 0.667. The fourth-order valence-corrected chi connectivity index (χ4v) is 0. The second-order valence-electron chi connectivity index (χ2n) is 0.577. The summed E-state index contributed by atoms with van der Waals surface area (Å²) < 4.78 is 0. The molecule has 0 nitrogen and oxygen atoms in total. The molecule has 0 bridgehead atoms. The normalized spacial score (nSPS) is 3.60. The van der Waals surface area contributed by atoms with Crippen LogP contribution in [0.25, 0.3) is 0 Å². The van der Waals surface area contributed by atoms with Crippen molar-refractivity contribution >= 4 is 0 Å². The zero-order valence-corrected chi connectivity index (χ0v) is 4.58. The molecule has 0 aromatic carbocycles. The van der Waals surface area contributed by atoms with E-state index in [9.17, 15) is 0 Å². The Balaban J connectivity index is -0.00000000667. The average Bonchev–Trinajstić information content (AvgIpc) is 0.918. The quantitative estimate of drug-likeness (QED) is 0.194. The second kappa shape index (κ2) is 19.0. The van der Waals surface area contributed by atoms with E-state index in [2.05, 4.69) is 0 Å². The molecule has 22 valence electrons. The van der Waals surface area contributed by atoms with Crippen molar-refractivity contribution in [3.05, 3.63) is 6.42 Å². The summed E-state index contributed by atoms with van der Waals surface area (Å²) in [5.41, 5.74) is 0. The minimum absolute atomic E-state index is 0. The smallest absolute Gasteiger partial charge is 1.00 e. The predicted octanol–water partition coefficient (Wildman–Crippen LogP) is -4.65. The zero-order valence-electron chi connectivity index (χ0n) is 5.58. The fourth-order valence-electron chi connectivity index (χ4n) is 0. The minimum atomic E-state index is 0. The van der Waals surface area contributed by atoms with Gasteiger partial charge in [0, 0.05) is 0 Å². The summed E-state index contributed by atoms with van der Waals surface area (Å²) in [6.07, 6.45) is 2.00. The van der Waals surface area contributed by atoms with Crippen LogP contribution in [-0.2, 0) is 0 Å². The van der Waals surface area contributed by atoms with Crippen molar-refractivity contribution in [2.45, 2.75) is 13.8 Å². The van der Waals surface area contributed by atoms with Gasteiger partial charge in [-0.05, 0) is 0 Å². The van der Waals surface area contributed by atoms with Crippen LogP contribution >= 0.6 is 0 Å². The van der Waals surface area contributed by atoms with Crippen LogP contribution in [0.2, 0.25) is 0 Å². The molecule has 0 heterocycles. The maximum absolute atomic E-state index is 2.00. The second-order valence-corrected chi connectivity index (χ2v) is 0.577. The summed E-state index contributed by atoms with van der Waals surface area (Å²) in [7, 11) is 0. The van der Waals surface area contributed by atoms with Crippen LogP contribution in [0.3, 0.4) is 0 Å². The summed E-state index contributed by atoms with van der Waals surface area (Å²) in [4.78, 5) is 0. The van der Waals surface area contributed by atoms with Crippen molar-refractivity contribution in [3.63, 3.8) is 0 Å². The standard InChI is InChI=1S/C3H7.2Li.H/c1-3-2;;;/h3H,1-2H3;;;/q-1;2*+1;-1. The first kappa shape index (κ1) is 16.4. The number of hydrogen-bond acceptors (Lipinski definition) is 0. The molecule has 0 rings (SSSR count). The van der Waals surface area contributed by atoms with Gasteiger partial charge in [0.25, 0.3) is 0 Å². The van der Waals surface area contributed by atoms with E-state index in [1.807, 2.05) is 20.3 Å². The topological polar surface area (TPSA) is 0 Å². The maximum Gasteiger partial charge on any atom is 1.00 e. The Morgan fingerprint density at radius 1 is 1.20 bits per heavy atom. The summed E-state index contributed by atoms with van der Waals surface area (Å²) in [6, 6.07) is 0. The van der Waals surface area contributed by atoms with Crippen LogP contribution in [0.15, 0.2) is 0 Å². The predicted molar refractivity (Wildman–Crippen MR) is 16.8 cm³/mol. The molecule has 0 aliphatic rings. The molecule has 0 aliphatic carbocycles. The molecule has 0 spiro atoms. The van der Waals surface area contributed by atoms with Crippen molar-refractivity contribution in [2.24, 2.45) is 0 Å². The van der Waals surface area contributed by atoms with Gasteiger partial charge in [-0.1, -0.05) is 0 Å². The Morgan fingerprint density at radius 3 is 1.20 bits per heavy atom. The molecule has 0 unspecified atom stereocenters. The molecule has 0 aliphatic heterocycles. The zero-order chi connectivity index (χ0) is 2.71. The monoisotopic (exact) mass is 58.1 g/mol. The third-order valence-electron chi connectivity index (χ3n) is 0. The Morgan fingerprint density at radius 2 is 1.20 bits per heavy atom. The van der Waals surface area contributed by atoms with Gasteiger partial charge in [-0.15, -0.1) is 0 Å². The molecular formula is C3H8Li2. The van der Waals surface area contributed by atoms with Crippen LogP contribution in [0, 0.1) is 6.42 Å². The molecule has 0 fully saturated rings. The van der Waals surface area contributed by atoms with Gasteiger partial charge in [0.2, 0.25) is 0 Å². The summed E-state index contributed by atoms with van der Waals surface area (Å²) in [5, 5.41) is 0. The molecule has 2 heteroatoms. The first-order valence-corrected chi connectivity index (χ1v) is 1.15. The molecule has 0 atom stereocenters. The summed E-state index contributed by atoms with van der Waals surface area (Å²) in [5.74, 6) is 0. The van der Waals surface area contributed by atoms with Crippen molar-refractivity contribution in [1.82, 2.24) is 0 Å². The van der Waals surface area contributed by atoms with Gasteiger partial charge in [-0.25, -0.2) is 0 Å². The van der Waals surface area contributed by atoms with Gasteiger partial charge in [-0.3, -0.25) is 0 Å². The molecule has 5 heavy (non-hydrogen) atoms. The van der Waals surface area contributed by atoms with Crippen LogP contribution < -0.4 is 37.7 Å². The average molecular weight is 58.0 g/mol. The van der Waals surface area contributed by atoms with Crippen LogP contribution in [0.5, 0.6) is 0 Å². The van der Waals surface area contributed by atoms with E-state index in [0.717, 1.165) is 0 Å².